The molecule has 0 saturated carbocycles. The maximum atomic E-state index is 13.1. The Kier molecular flexibility index (Phi) is 7.38. The fourth-order valence-corrected chi connectivity index (χ4v) is 2.28. The zero-order valence-corrected chi connectivity index (χ0v) is 15.9. The van der Waals surface area contributed by atoms with Gasteiger partial charge in [-0.25, -0.2) is 14.4 Å². The molecule has 134 valence electrons. The first-order valence-corrected chi connectivity index (χ1v) is 7.72. The van der Waals surface area contributed by atoms with Crippen LogP contribution in [0.3, 0.4) is 0 Å². The van der Waals surface area contributed by atoms with Gasteiger partial charge in [0.05, 0.1) is 19.8 Å². The molecule has 1 saturated heterocycles. The van der Waals surface area contributed by atoms with E-state index in [0.29, 0.717) is 37.3 Å². The average molecular weight is 458 g/mol. The summed E-state index contributed by atoms with van der Waals surface area (Å²) in [5, 5.41) is 0. The Balaban J connectivity index is 0.00000225. The SMILES string of the molecule is I.NC(=NCc1ccc(Oc2cccc(F)c2)nc1)N1CCOCC1. The van der Waals surface area contributed by atoms with Crippen LogP contribution in [-0.2, 0) is 11.3 Å². The number of pyridine rings is 1. The fourth-order valence-electron chi connectivity index (χ4n) is 2.28. The Labute approximate surface area is 162 Å². The van der Waals surface area contributed by atoms with Crippen molar-refractivity contribution in [3.63, 3.8) is 0 Å². The van der Waals surface area contributed by atoms with Gasteiger partial charge in [-0.3, -0.25) is 0 Å². The first-order chi connectivity index (χ1) is 11.7. The minimum Gasteiger partial charge on any atom is -0.439 e. The lowest BCUT2D eigenvalue weighted by molar-refractivity contribution is 0.0674. The zero-order chi connectivity index (χ0) is 16.8. The minimum atomic E-state index is -0.350. The van der Waals surface area contributed by atoms with Crippen molar-refractivity contribution in [2.45, 2.75) is 6.54 Å². The first-order valence-electron chi connectivity index (χ1n) is 7.72. The number of rotatable bonds is 4. The molecular weight excluding hydrogens is 438 g/mol. The van der Waals surface area contributed by atoms with Gasteiger partial charge in [0.2, 0.25) is 5.88 Å². The lowest BCUT2D eigenvalue weighted by Gasteiger charge is -2.27. The summed E-state index contributed by atoms with van der Waals surface area (Å²) in [5.74, 6) is 0.967. The number of hydrogen-bond donors (Lipinski definition) is 1. The van der Waals surface area contributed by atoms with Crippen LogP contribution < -0.4 is 10.5 Å². The van der Waals surface area contributed by atoms with Crippen LogP contribution in [0.4, 0.5) is 4.39 Å². The van der Waals surface area contributed by atoms with Crippen molar-refractivity contribution < 1.29 is 13.9 Å². The Hall–Kier alpha value is -1.94. The monoisotopic (exact) mass is 458 g/mol. The van der Waals surface area contributed by atoms with Crippen LogP contribution in [0.25, 0.3) is 0 Å². The molecule has 6 nitrogen and oxygen atoms in total. The van der Waals surface area contributed by atoms with Gasteiger partial charge < -0.3 is 20.1 Å². The number of aliphatic imine (C=N–C) groups is 1. The van der Waals surface area contributed by atoms with Crippen molar-refractivity contribution in [2.24, 2.45) is 10.7 Å². The number of benzene rings is 1. The molecule has 1 aliphatic rings. The summed E-state index contributed by atoms with van der Waals surface area (Å²) >= 11 is 0. The van der Waals surface area contributed by atoms with E-state index in [1.165, 1.54) is 12.1 Å². The third kappa shape index (κ3) is 5.82. The van der Waals surface area contributed by atoms with E-state index in [9.17, 15) is 4.39 Å². The molecular formula is C17H20FIN4O2. The van der Waals surface area contributed by atoms with Crippen molar-refractivity contribution in [1.29, 1.82) is 0 Å². The average Bonchev–Trinajstić information content (AvgIpc) is 2.62. The van der Waals surface area contributed by atoms with Crippen LogP contribution in [-0.4, -0.2) is 42.1 Å². The predicted octanol–water partition coefficient (Wildman–Crippen LogP) is 2.78. The molecule has 1 aliphatic heterocycles. The highest BCUT2D eigenvalue weighted by Crippen LogP contribution is 2.20. The maximum absolute atomic E-state index is 13.1. The number of aromatic nitrogens is 1. The van der Waals surface area contributed by atoms with Crippen molar-refractivity contribution >= 4 is 29.9 Å². The molecule has 1 aromatic heterocycles. The summed E-state index contributed by atoms with van der Waals surface area (Å²) < 4.78 is 23.9. The number of nitrogens with two attached hydrogens (primary N) is 1. The van der Waals surface area contributed by atoms with Gasteiger partial charge in [0.1, 0.15) is 11.6 Å². The molecule has 0 bridgehead atoms. The molecule has 8 heteroatoms. The molecule has 1 aromatic carbocycles. The van der Waals surface area contributed by atoms with Crippen LogP contribution in [0.5, 0.6) is 11.6 Å². The van der Waals surface area contributed by atoms with Crippen molar-refractivity contribution in [1.82, 2.24) is 9.88 Å². The summed E-state index contributed by atoms with van der Waals surface area (Å²) in [6, 6.07) is 9.51. The van der Waals surface area contributed by atoms with Gasteiger partial charge in [-0.15, -0.1) is 24.0 Å². The van der Waals surface area contributed by atoms with E-state index in [2.05, 4.69) is 9.98 Å². The lowest BCUT2D eigenvalue weighted by atomic mass is 10.3. The van der Waals surface area contributed by atoms with Crippen LogP contribution in [0.1, 0.15) is 5.56 Å². The number of ether oxygens (including phenoxy) is 2. The summed E-state index contributed by atoms with van der Waals surface area (Å²) in [4.78, 5) is 10.6. The standard InChI is InChI=1S/C17H19FN4O2.HI/c18-14-2-1-3-15(10-14)24-16-5-4-13(11-20-16)12-21-17(19)22-6-8-23-9-7-22;/h1-5,10-11H,6-9,12H2,(H2,19,21);1H. The number of morpholine rings is 1. The third-order valence-electron chi connectivity index (χ3n) is 3.57. The molecule has 25 heavy (non-hydrogen) atoms. The van der Waals surface area contributed by atoms with Gasteiger partial charge in [0.25, 0.3) is 0 Å². The molecule has 0 amide bonds. The summed E-state index contributed by atoms with van der Waals surface area (Å²) in [6.07, 6.45) is 1.67. The highest BCUT2D eigenvalue weighted by Gasteiger charge is 2.11. The molecule has 2 heterocycles. The van der Waals surface area contributed by atoms with Crippen LogP contribution in [0.15, 0.2) is 47.6 Å². The highest BCUT2D eigenvalue weighted by molar-refractivity contribution is 14.0. The van der Waals surface area contributed by atoms with E-state index in [0.717, 1.165) is 18.7 Å². The molecule has 0 spiro atoms. The molecule has 1 fully saturated rings. The fraction of sp³-hybridized carbons (Fsp3) is 0.294. The lowest BCUT2D eigenvalue weighted by Crippen LogP contribution is -2.44. The van der Waals surface area contributed by atoms with Crippen LogP contribution in [0.2, 0.25) is 0 Å². The second kappa shape index (κ2) is 9.52. The summed E-state index contributed by atoms with van der Waals surface area (Å²) in [7, 11) is 0. The Morgan fingerprint density at radius 1 is 1.28 bits per heavy atom. The predicted molar refractivity (Wildman–Crippen MR) is 104 cm³/mol. The minimum absolute atomic E-state index is 0. The zero-order valence-electron chi connectivity index (χ0n) is 13.6. The van der Waals surface area contributed by atoms with E-state index < -0.39 is 0 Å². The topological polar surface area (TPSA) is 73.0 Å². The molecule has 0 radical (unpaired) electrons. The van der Waals surface area contributed by atoms with E-state index in [1.54, 1.807) is 24.4 Å². The third-order valence-corrected chi connectivity index (χ3v) is 3.57. The van der Waals surface area contributed by atoms with Gasteiger partial charge >= 0.3 is 0 Å². The normalized spacial score (nSPS) is 14.8. The van der Waals surface area contributed by atoms with E-state index in [1.807, 2.05) is 11.0 Å². The van der Waals surface area contributed by atoms with Crippen LogP contribution >= 0.6 is 24.0 Å². The van der Waals surface area contributed by atoms with E-state index >= 15 is 0 Å². The molecule has 0 atom stereocenters. The number of nitrogens with zero attached hydrogens (tertiary/aromatic N) is 3. The summed E-state index contributed by atoms with van der Waals surface area (Å²) in [5.41, 5.74) is 6.90. The molecule has 2 N–H and O–H groups in total. The molecule has 3 rings (SSSR count). The second-order valence-electron chi connectivity index (χ2n) is 5.34. The van der Waals surface area contributed by atoms with Gasteiger partial charge in [-0.2, -0.15) is 0 Å². The van der Waals surface area contributed by atoms with Crippen molar-refractivity contribution in [2.75, 3.05) is 26.3 Å². The van der Waals surface area contributed by atoms with Gasteiger partial charge in [-0.1, -0.05) is 12.1 Å². The maximum Gasteiger partial charge on any atom is 0.219 e. The van der Waals surface area contributed by atoms with Crippen molar-refractivity contribution in [3.8, 4) is 11.6 Å². The van der Waals surface area contributed by atoms with Gasteiger partial charge in [-0.05, 0) is 17.7 Å². The number of guanidine groups is 1. The first kappa shape index (κ1) is 19.4. The van der Waals surface area contributed by atoms with E-state index in [-0.39, 0.29) is 29.8 Å². The highest BCUT2D eigenvalue weighted by atomic mass is 127. The largest absolute Gasteiger partial charge is 0.439 e. The Bertz CT molecular complexity index is 706. The Morgan fingerprint density at radius 3 is 2.76 bits per heavy atom. The smallest absolute Gasteiger partial charge is 0.219 e. The van der Waals surface area contributed by atoms with E-state index in [4.69, 9.17) is 15.2 Å². The molecule has 0 unspecified atom stereocenters. The second-order valence-corrected chi connectivity index (χ2v) is 5.34. The quantitative estimate of drug-likeness (QED) is 0.434. The van der Waals surface area contributed by atoms with Crippen molar-refractivity contribution in [3.05, 3.63) is 54.0 Å². The number of halogens is 2. The Morgan fingerprint density at radius 2 is 2.08 bits per heavy atom. The number of hydrogen-bond acceptors (Lipinski definition) is 4. The summed E-state index contributed by atoms with van der Waals surface area (Å²) in [6.45, 7) is 3.30. The molecule has 2 aromatic rings. The molecule has 0 aliphatic carbocycles. The van der Waals surface area contributed by atoms with Gasteiger partial charge in [0.15, 0.2) is 5.96 Å². The van der Waals surface area contributed by atoms with Crippen LogP contribution in [0, 0.1) is 5.82 Å². The van der Waals surface area contributed by atoms with Gasteiger partial charge in [0, 0.05) is 31.4 Å².